The monoisotopic (exact) mass is 353 g/mol. The van der Waals surface area contributed by atoms with Crippen molar-refractivity contribution in [3.63, 3.8) is 0 Å². The summed E-state index contributed by atoms with van der Waals surface area (Å²) >= 11 is 1.45. The molecule has 1 fully saturated rings. The highest BCUT2D eigenvalue weighted by atomic mass is 32.1. The van der Waals surface area contributed by atoms with E-state index in [2.05, 4.69) is 20.5 Å². The minimum absolute atomic E-state index is 0.141. The second-order valence-electron chi connectivity index (χ2n) is 6.11. The number of amides is 3. The van der Waals surface area contributed by atoms with Gasteiger partial charge in [0.2, 0.25) is 5.91 Å². The molecule has 2 atom stereocenters. The number of para-hydroxylation sites is 1. The summed E-state index contributed by atoms with van der Waals surface area (Å²) in [7, 11) is 0. The Morgan fingerprint density at radius 2 is 2.36 bits per heavy atom. The molecule has 0 saturated carbocycles. The lowest BCUT2D eigenvalue weighted by Gasteiger charge is -2.21. The molecule has 0 bridgehead atoms. The van der Waals surface area contributed by atoms with Gasteiger partial charge in [-0.15, -0.1) is 11.3 Å². The van der Waals surface area contributed by atoms with Gasteiger partial charge in [0.1, 0.15) is 10.4 Å². The van der Waals surface area contributed by atoms with Gasteiger partial charge in [0.15, 0.2) is 0 Å². The number of likely N-dealkylation sites (tertiary alicyclic amines) is 1. The van der Waals surface area contributed by atoms with Crippen LogP contribution < -0.4 is 10.6 Å². The van der Waals surface area contributed by atoms with Crippen LogP contribution in [0.5, 0.6) is 0 Å². The Hall–Kier alpha value is -2.92. The summed E-state index contributed by atoms with van der Waals surface area (Å²) in [6, 6.07) is 7.13. The first-order valence-electron chi connectivity index (χ1n) is 7.84. The van der Waals surface area contributed by atoms with Crippen molar-refractivity contribution in [2.75, 3.05) is 11.9 Å². The topological polar surface area (TPSA) is 78.7 Å². The number of fused-ring (bicyclic) bond motifs is 2. The van der Waals surface area contributed by atoms with E-state index >= 15 is 0 Å². The van der Waals surface area contributed by atoms with Gasteiger partial charge < -0.3 is 10.6 Å². The third kappa shape index (κ3) is 2.44. The van der Waals surface area contributed by atoms with E-state index in [4.69, 9.17) is 6.57 Å². The summed E-state index contributed by atoms with van der Waals surface area (Å²) < 4.78 is 0. The SMILES string of the molecule is [C-]#[N+][C@@H]1C[C@@]2(CN1C(=O)NCc1nccs1)C(=O)Nc1ccccc12. The van der Waals surface area contributed by atoms with Gasteiger partial charge >= 0.3 is 12.2 Å². The Balaban J connectivity index is 1.58. The largest absolute Gasteiger partial charge is 0.331 e. The van der Waals surface area contributed by atoms with E-state index < -0.39 is 11.6 Å². The average Bonchev–Trinajstić information content (AvgIpc) is 3.33. The van der Waals surface area contributed by atoms with E-state index in [9.17, 15) is 9.59 Å². The molecule has 25 heavy (non-hydrogen) atoms. The van der Waals surface area contributed by atoms with Crippen LogP contribution in [0, 0.1) is 6.57 Å². The van der Waals surface area contributed by atoms with Crippen LogP contribution in [0.25, 0.3) is 4.85 Å². The highest BCUT2D eigenvalue weighted by Gasteiger charge is 2.58. The molecule has 1 spiro atoms. The number of nitrogens with one attached hydrogen (secondary N) is 2. The molecule has 1 aromatic carbocycles. The molecule has 2 aliphatic heterocycles. The maximum Gasteiger partial charge on any atom is 0.323 e. The summed E-state index contributed by atoms with van der Waals surface area (Å²) in [5.41, 5.74) is 0.787. The van der Waals surface area contributed by atoms with Crippen LogP contribution in [0.2, 0.25) is 0 Å². The minimum atomic E-state index is -0.843. The molecule has 2 aliphatic rings. The molecule has 3 heterocycles. The first-order valence-corrected chi connectivity index (χ1v) is 8.72. The van der Waals surface area contributed by atoms with Gasteiger partial charge in [-0.05, 0) is 11.6 Å². The Kier molecular flexibility index (Phi) is 3.66. The van der Waals surface area contributed by atoms with Gasteiger partial charge in [0.05, 0.1) is 13.0 Å². The summed E-state index contributed by atoms with van der Waals surface area (Å²) in [5, 5.41) is 8.31. The standard InChI is InChI=1S/C17H15N5O2S/c1-18-13-8-17(11-4-2-3-5-12(11)21-15(17)23)10-22(13)16(24)20-9-14-19-6-7-25-14/h2-7,13H,8-10H2,(H,20,24)(H,21,23)/t13-,17-/m0/s1. The van der Waals surface area contributed by atoms with Crippen LogP contribution in [0.15, 0.2) is 35.8 Å². The van der Waals surface area contributed by atoms with Crippen molar-refractivity contribution >= 4 is 29.0 Å². The van der Waals surface area contributed by atoms with Crippen LogP contribution >= 0.6 is 11.3 Å². The fourth-order valence-electron chi connectivity index (χ4n) is 3.53. The third-order valence-electron chi connectivity index (χ3n) is 4.74. The number of thiazole rings is 1. The maximum absolute atomic E-state index is 12.6. The number of benzene rings is 1. The Bertz CT molecular complexity index is 875. The molecule has 0 unspecified atom stereocenters. The molecule has 3 amide bonds. The molecular weight excluding hydrogens is 338 g/mol. The van der Waals surface area contributed by atoms with Gasteiger partial charge in [0.25, 0.3) is 0 Å². The second-order valence-corrected chi connectivity index (χ2v) is 7.09. The number of carbonyl (C=O) groups excluding carboxylic acids is 2. The fraction of sp³-hybridized carbons (Fsp3) is 0.294. The van der Waals surface area contributed by atoms with Crippen molar-refractivity contribution in [3.8, 4) is 0 Å². The zero-order valence-electron chi connectivity index (χ0n) is 13.2. The molecule has 2 aromatic rings. The number of aromatic nitrogens is 1. The van der Waals surface area contributed by atoms with E-state index in [1.54, 1.807) is 6.20 Å². The molecule has 0 aliphatic carbocycles. The zero-order chi connectivity index (χ0) is 17.4. The van der Waals surface area contributed by atoms with Crippen molar-refractivity contribution in [3.05, 3.63) is 57.8 Å². The molecule has 1 aromatic heterocycles. The molecule has 126 valence electrons. The Morgan fingerprint density at radius 3 is 3.12 bits per heavy atom. The lowest BCUT2D eigenvalue weighted by molar-refractivity contribution is -0.120. The number of carbonyl (C=O) groups is 2. The molecule has 1 saturated heterocycles. The molecular formula is C17H15N5O2S. The van der Waals surface area contributed by atoms with Crippen LogP contribution in [-0.2, 0) is 16.8 Å². The Labute approximate surface area is 148 Å². The summed E-state index contributed by atoms with van der Waals surface area (Å²) in [6.07, 6.45) is 1.33. The van der Waals surface area contributed by atoms with Crippen molar-refractivity contribution in [1.82, 2.24) is 15.2 Å². The number of hydrogen-bond acceptors (Lipinski definition) is 4. The van der Waals surface area contributed by atoms with Crippen molar-refractivity contribution in [2.24, 2.45) is 0 Å². The predicted octanol–water partition coefficient (Wildman–Crippen LogP) is 2.19. The van der Waals surface area contributed by atoms with Gasteiger partial charge in [-0.1, -0.05) is 18.2 Å². The van der Waals surface area contributed by atoms with Crippen molar-refractivity contribution < 1.29 is 9.59 Å². The average molecular weight is 353 g/mol. The number of urea groups is 1. The number of hydrogen-bond donors (Lipinski definition) is 2. The molecule has 7 nitrogen and oxygen atoms in total. The molecule has 2 N–H and O–H groups in total. The summed E-state index contributed by atoms with van der Waals surface area (Å²) in [6.45, 7) is 7.97. The number of anilines is 1. The number of nitrogens with zero attached hydrogens (tertiary/aromatic N) is 3. The lowest BCUT2D eigenvalue weighted by Crippen LogP contribution is -2.44. The van der Waals surface area contributed by atoms with Crippen molar-refractivity contribution in [1.29, 1.82) is 0 Å². The highest BCUT2D eigenvalue weighted by Crippen LogP contribution is 2.46. The van der Waals surface area contributed by atoms with E-state index in [1.807, 2.05) is 29.6 Å². The van der Waals surface area contributed by atoms with Crippen LogP contribution in [0.1, 0.15) is 17.0 Å². The van der Waals surface area contributed by atoms with E-state index in [1.165, 1.54) is 16.2 Å². The molecule has 0 radical (unpaired) electrons. The van der Waals surface area contributed by atoms with Crippen LogP contribution in [-0.4, -0.2) is 34.5 Å². The normalized spacial score (nSPS) is 24.0. The quantitative estimate of drug-likeness (QED) is 0.813. The minimum Gasteiger partial charge on any atom is -0.331 e. The molecule has 8 heteroatoms. The van der Waals surface area contributed by atoms with E-state index in [0.29, 0.717) is 13.0 Å². The fourth-order valence-corrected chi connectivity index (χ4v) is 4.09. The lowest BCUT2D eigenvalue weighted by atomic mass is 9.80. The Morgan fingerprint density at radius 1 is 1.52 bits per heavy atom. The second kappa shape index (κ2) is 5.86. The number of rotatable bonds is 2. The first-order chi connectivity index (χ1) is 12.1. The third-order valence-corrected chi connectivity index (χ3v) is 5.52. The van der Waals surface area contributed by atoms with Crippen LogP contribution in [0.4, 0.5) is 10.5 Å². The van der Waals surface area contributed by atoms with Crippen LogP contribution in [0.3, 0.4) is 0 Å². The smallest absolute Gasteiger partial charge is 0.323 e. The van der Waals surface area contributed by atoms with Gasteiger partial charge in [-0.3, -0.25) is 14.5 Å². The van der Waals surface area contributed by atoms with Crippen molar-refractivity contribution in [2.45, 2.75) is 24.5 Å². The summed E-state index contributed by atoms with van der Waals surface area (Å²) in [5.74, 6) is -0.141. The first kappa shape index (κ1) is 15.6. The van der Waals surface area contributed by atoms with Gasteiger partial charge in [-0.25, -0.2) is 16.4 Å². The van der Waals surface area contributed by atoms with Gasteiger partial charge in [-0.2, -0.15) is 0 Å². The highest BCUT2D eigenvalue weighted by molar-refractivity contribution is 7.09. The predicted molar refractivity (Wildman–Crippen MR) is 92.8 cm³/mol. The van der Waals surface area contributed by atoms with E-state index in [-0.39, 0.29) is 18.5 Å². The van der Waals surface area contributed by atoms with Gasteiger partial charge in [0, 0.05) is 23.8 Å². The zero-order valence-corrected chi connectivity index (χ0v) is 14.0. The molecule has 4 rings (SSSR count). The summed E-state index contributed by atoms with van der Waals surface area (Å²) in [4.78, 5) is 34.4. The van der Waals surface area contributed by atoms with E-state index in [0.717, 1.165) is 16.3 Å². The maximum atomic E-state index is 12.6.